The van der Waals surface area contributed by atoms with E-state index >= 15 is 0 Å². The number of rotatable bonds is 3. The molecule has 1 aliphatic heterocycles. The molecule has 4 heteroatoms. The number of hydrogen-bond donors (Lipinski definition) is 1. The number of phenolic OH excluding ortho intramolecular Hbond substituents is 1. The zero-order chi connectivity index (χ0) is 18.0. The first kappa shape index (κ1) is 17.2. The van der Waals surface area contributed by atoms with Crippen LogP contribution in [-0.4, -0.2) is 34.8 Å². The molecule has 1 aliphatic rings. The number of hydrogen-bond acceptors (Lipinski definition) is 3. The lowest BCUT2D eigenvalue weighted by molar-refractivity contribution is 0.0650. The zero-order valence-electron chi connectivity index (χ0n) is 14.7. The lowest BCUT2D eigenvalue weighted by Crippen LogP contribution is -2.40. The van der Waals surface area contributed by atoms with Gasteiger partial charge in [0.15, 0.2) is 5.78 Å². The molecule has 1 fully saturated rings. The predicted octanol–water partition coefficient (Wildman–Crippen LogP) is 3.74. The highest BCUT2D eigenvalue weighted by molar-refractivity contribution is 5.98. The Kier molecular flexibility index (Phi) is 4.88. The van der Waals surface area contributed by atoms with Gasteiger partial charge in [-0.1, -0.05) is 17.2 Å². The molecule has 2 aromatic carbocycles. The number of aryl methyl sites for hydroxylation is 2. The second-order valence-electron chi connectivity index (χ2n) is 6.85. The predicted molar refractivity (Wildman–Crippen MR) is 97.0 cm³/mol. The number of aromatic hydroxyl groups is 1. The molecule has 0 bridgehead atoms. The molecule has 4 nitrogen and oxygen atoms in total. The number of carbonyl (C=O) groups excluding carboxylic acids is 2. The van der Waals surface area contributed by atoms with Crippen LogP contribution in [0.4, 0.5) is 0 Å². The molecule has 1 amide bonds. The van der Waals surface area contributed by atoms with Crippen molar-refractivity contribution in [2.75, 3.05) is 13.1 Å². The van der Waals surface area contributed by atoms with Gasteiger partial charge in [-0.05, 0) is 63.1 Å². The number of phenols is 1. The third kappa shape index (κ3) is 3.90. The van der Waals surface area contributed by atoms with Crippen molar-refractivity contribution in [1.29, 1.82) is 0 Å². The first-order chi connectivity index (χ1) is 11.9. The van der Waals surface area contributed by atoms with Crippen LogP contribution in [-0.2, 0) is 0 Å². The Balaban J connectivity index is 1.64. The Morgan fingerprint density at radius 3 is 2.04 bits per heavy atom. The van der Waals surface area contributed by atoms with E-state index < -0.39 is 0 Å². The molecule has 1 N–H and O–H groups in total. The van der Waals surface area contributed by atoms with E-state index in [1.807, 2.05) is 30.9 Å². The Bertz CT molecular complexity index is 767. The molecule has 0 unspecified atom stereocenters. The number of carbonyl (C=O) groups is 2. The molecule has 0 atom stereocenters. The van der Waals surface area contributed by atoms with Gasteiger partial charge >= 0.3 is 0 Å². The van der Waals surface area contributed by atoms with Crippen LogP contribution < -0.4 is 0 Å². The second-order valence-corrected chi connectivity index (χ2v) is 6.85. The van der Waals surface area contributed by atoms with E-state index in [2.05, 4.69) is 6.07 Å². The second kappa shape index (κ2) is 7.09. The number of ketones is 1. The summed E-state index contributed by atoms with van der Waals surface area (Å²) in [7, 11) is 0. The highest BCUT2D eigenvalue weighted by atomic mass is 16.3. The van der Waals surface area contributed by atoms with Crippen LogP contribution in [0.1, 0.15) is 44.7 Å². The van der Waals surface area contributed by atoms with E-state index in [-0.39, 0.29) is 23.4 Å². The fourth-order valence-electron chi connectivity index (χ4n) is 3.49. The zero-order valence-corrected chi connectivity index (χ0v) is 14.7. The van der Waals surface area contributed by atoms with E-state index in [0.29, 0.717) is 31.5 Å². The van der Waals surface area contributed by atoms with Gasteiger partial charge in [0, 0.05) is 30.1 Å². The van der Waals surface area contributed by atoms with Crippen LogP contribution in [0, 0.1) is 19.8 Å². The summed E-state index contributed by atoms with van der Waals surface area (Å²) in [5.74, 6) is 0.235. The Morgan fingerprint density at radius 1 is 0.920 bits per heavy atom. The summed E-state index contributed by atoms with van der Waals surface area (Å²) in [6, 6.07) is 12.3. The summed E-state index contributed by atoms with van der Waals surface area (Å²) in [4.78, 5) is 27.1. The number of benzene rings is 2. The summed E-state index contributed by atoms with van der Waals surface area (Å²) in [6.45, 7) is 5.18. The Hall–Kier alpha value is -2.62. The van der Waals surface area contributed by atoms with Crippen molar-refractivity contribution in [1.82, 2.24) is 4.90 Å². The quantitative estimate of drug-likeness (QED) is 0.868. The SMILES string of the molecule is Cc1cc(C)cc(C(=O)N2CCC(C(=O)c3ccc(O)cc3)CC2)c1. The van der Waals surface area contributed by atoms with Crippen LogP contribution in [0.15, 0.2) is 42.5 Å². The smallest absolute Gasteiger partial charge is 0.253 e. The largest absolute Gasteiger partial charge is 0.508 e. The molecule has 0 aliphatic carbocycles. The molecule has 0 saturated carbocycles. The number of nitrogens with zero attached hydrogens (tertiary/aromatic N) is 1. The number of amides is 1. The minimum atomic E-state index is -0.0622. The van der Waals surface area contributed by atoms with Gasteiger partial charge in [-0.25, -0.2) is 0 Å². The molecular formula is C21H23NO3. The minimum Gasteiger partial charge on any atom is -0.508 e. The lowest BCUT2D eigenvalue weighted by atomic mass is 9.88. The summed E-state index contributed by atoms with van der Waals surface area (Å²) in [5, 5.41) is 9.34. The van der Waals surface area contributed by atoms with Crippen LogP contribution in [0.25, 0.3) is 0 Å². The maximum Gasteiger partial charge on any atom is 0.253 e. The third-order valence-corrected chi connectivity index (χ3v) is 4.77. The molecule has 0 spiro atoms. The summed E-state index contributed by atoms with van der Waals surface area (Å²) < 4.78 is 0. The van der Waals surface area contributed by atoms with E-state index in [9.17, 15) is 14.7 Å². The molecule has 0 aromatic heterocycles. The van der Waals surface area contributed by atoms with Crippen LogP contribution in [0.5, 0.6) is 5.75 Å². The number of Topliss-reactive ketones (excluding diaryl/α,β-unsaturated/α-hetero) is 1. The van der Waals surface area contributed by atoms with Gasteiger partial charge in [-0.15, -0.1) is 0 Å². The lowest BCUT2D eigenvalue weighted by Gasteiger charge is -2.31. The van der Waals surface area contributed by atoms with Crippen molar-refractivity contribution in [3.63, 3.8) is 0 Å². The topological polar surface area (TPSA) is 57.6 Å². The summed E-state index contributed by atoms with van der Waals surface area (Å²) >= 11 is 0. The highest BCUT2D eigenvalue weighted by Gasteiger charge is 2.28. The summed E-state index contributed by atoms with van der Waals surface area (Å²) in [5.41, 5.74) is 3.51. The number of piperidine rings is 1. The van der Waals surface area contributed by atoms with Crippen molar-refractivity contribution in [3.8, 4) is 5.75 Å². The maximum absolute atomic E-state index is 12.7. The standard InChI is InChI=1S/C21H23NO3/c1-14-11-15(2)13-18(12-14)21(25)22-9-7-17(8-10-22)20(24)16-3-5-19(23)6-4-16/h3-6,11-13,17,23H,7-10H2,1-2H3. The van der Waals surface area contributed by atoms with Crippen molar-refractivity contribution in [2.45, 2.75) is 26.7 Å². The molecule has 25 heavy (non-hydrogen) atoms. The van der Waals surface area contributed by atoms with E-state index in [4.69, 9.17) is 0 Å². The Morgan fingerprint density at radius 2 is 1.48 bits per heavy atom. The molecule has 0 radical (unpaired) electrons. The minimum absolute atomic E-state index is 0.0438. The molecule has 2 aromatic rings. The average molecular weight is 337 g/mol. The van der Waals surface area contributed by atoms with Crippen LogP contribution in [0.3, 0.4) is 0 Å². The van der Waals surface area contributed by atoms with Crippen molar-refractivity contribution >= 4 is 11.7 Å². The molecule has 130 valence electrons. The van der Waals surface area contributed by atoms with Gasteiger partial charge in [-0.3, -0.25) is 9.59 Å². The van der Waals surface area contributed by atoms with Gasteiger partial charge < -0.3 is 10.0 Å². The van der Waals surface area contributed by atoms with Gasteiger partial charge in [0.2, 0.25) is 0 Å². The summed E-state index contributed by atoms with van der Waals surface area (Å²) in [6.07, 6.45) is 1.35. The third-order valence-electron chi connectivity index (χ3n) is 4.77. The van der Waals surface area contributed by atoms with E-state index in [0.717, 1.165) is 16.7 Å². The van der Waals surface area contributed by atoms with Gasteiger partial charge in [0.25, 0.3) is 5.91 Å². The normalized spacial score (nSPS) is 15.2. The average Bonchev–Trinajstić information content (AvgIpc) is 2.60. The maximum atomic E-state index is 12.7. The monoisotopic (exact) mass is 337 g/mol. The highest BCUT2D eigenvalue weighted by Crippen LogP contribution is 2.24. The van der Waals surface area contributed by atoms with E-state index in [1.54, 1.807) is 12.1 Å². The van der Waals surface area contributed by atoms with Gasteiger partial charge in [0.1, 0.15) is 5.75 Å². The fraction of sp³-hybridized carbons (Fsp3) is 0.333. The molecule has 1 heterocycles. The van der Waals surface area contributed by atoms with E-state index in [1.165, 1.54) is 12.1 Å². The van der Waals surface area contributed by atoms with Crippen molar-refractivity contribution in [3.05, 3.63) is 64.7 Å². The van der Waals surface area contributed by atoms with Crippen LogP contribution in [0.2, 0.25) is 0 Å². The first-order valence-electron chi connectivity index (χ1n) is 8.65. The molecule has 1 saturated heterocycles. The molecular weight excluding hydrogens is 314 g/mol. The van der Waals surface area contributed by atoms with Crippen molar-refractivity contribution in [2.24, 2.45) is 5.92 Å². The number of likely N-dealkylation sites (tertiary alicyclic amines) is 1. The first-order valence-corrected chi connectivity index (χ1v) is 8.65. The molecule has 3 rings (SSSR count). The fourth-order valence-corrected chi connectivity index (χ4v) is 3.49. The van der Waals surface area contributed by atoms with Crippen LogP contribution >= 0.6 is 0 Å². The van der Waals surface area contributed by atoms with Gasteiger partial charge in [-0.2, -0.15) is 0 Å². The van der Waals surface area contributed by atoms with Crippen molar-refractivity contribution < 1.29 is 14.7 Å². The Labute approximate surface area is 148 Å². The van der Waals surface area contributed by atoms with Gasteiger partial charge in [0.05, 0.1) is 0 Å².